The van der Waals surface area contributed by atoms with Gasteiger partial charge in [-0.3, -0.25) is 4.79 Å². The van der Waals surface area contributed by atoms with Crippen LogP contribution in [0, 0.1) is 0 Å². The molecule has 6 nitrogen and oxygen atoms in total. The van der Waals surface area contributed by atoms with Crippen molar-refractivity contribution < 1.29 is 18.0 Å². The molecule has 0 radical (unpaired) electrons. The summed E-state index contributed by atoms with van der Waals surface area (Å²) in [5.74, 6) is -0.853. The zero-order valence-corrected chi connectivity index (χ0v) is 17.9. The molecule has 168 valence electrons. The van der Waals surface area contributed by atoms with Crippen molar-refractivity contribution in [3.8, 4) is 11.4 Å². The fourth-order valence-electron chi connectivity index (χ4n) is 4.08. The highest BCUT2D eigenvalue weighted by molar-refractivity contribution is 6.30. The van der Waals surface area contributed by atoms with E-state index in [0.717, 1.165) is 18.4 Å². The highest BCUT2D eigenvalue weighted by Crippen LogP contribution is 2.34. The first-order chi connectivity index (χ1) is 15.8. The summed E-state index contributed by atoms with van der Waals surface area (Å²) in [6, 6.07) is 13.0. The summed E-state index contributed by atoms with van der Waals surface area (Å²) in [5, 5.41) is 0.571. The van der Waals surface area contributed by atoms with E-state index in [2.05, 4.69) is 19.9 Å². The molecule has 33 heavy (non-hydrogen) atoms. The molecule has 1 aliphatic rings. The summed E-state index contributed by atoms with van der Waals surface area (Å²) >= 11 is 6.08. The molecule has 0 bridgehead atoms. The van der Waals surface area contributed by atoms with Crippen molar-refractivity contribution in [2.45, 2.75) is 25.1 Å². The van der Waals surface area contributed by atoms with E-state index in [9.17, 15) is 18.0 Å². The van der Waals surface area contributed by atoms with Crippen molar-refractivity contribution in [3.05, 3.63) is 76.8 Å². The Morgan fingerprint density at radius 3 is 2.76 bits per heavy atom. The predicted molar refractivity (Wildman–Crippen MR) is 117 cm³/mol. The van der Waals surface area contributed by atoms with Gasteiger partial charge in [0.2, 0.25) is 5.82 Å². The average molecular weight is 472 g/mol. The second-order valence-corrected chi connectivity index (χ2v) is 8.22. The van der Waals surface area contributed by atoms with Gasteiger partial charge >= 0.3 is 6.18 Å². The van der Waals surface area contributed by atoms with E-state index in [1.54, 1.807) is 29.3 Å². The van der Waals surface area contributed by atoms with Crippen LogP contribution in [-0.2, 0) is 6.18 Å². The lowest BCUT2D eigenvalue weighted by Gasteiger charge is -2.24. The first kappa shape index (κ1) is 21.4. The van der Waals surface area contributed by atoms with Gasteiger partial charge in [0.1, 0.15) is 0 Å². The van der Waals surface area contributed by atoms with Gasteiger partial charge in [-0.25, -0.2) is 15.0 Å². The minimum Gasteiger partial charge on any atom is -0.334 e. The number of nitrogens with zero attached hydrogens (tertiary/aromatic N) is 4. The van der Waals surface area contributed by atoms with Crippen molar-refractivity contribution in [2.75, 3.05) is 6.54 Å². The molecule has 4 aromatic rings. The number of likely N-dealkylation sites (tertiary alicyclic amines) is 1. The number of alkyl halides is 3. The maximum atomic E-state index is 13.3. The molecule has 0 aliphatic carbocycles. The van der Waals surface area contributed by atoms with Crippen LogP contribution in [0.5, 0.6) is 0 Å². The lowest BCUT2D eigenvalue weighted by molar-refractivity contribution is -0.144. The summed E-state index contributed by atoms with van der Waals surface area (Å²) in [6.07, 6.45) is -1.43. The van der Waals surface area contributed by atoms with E-state index >= 15 is 0 Å². The van der Waals surface area contributed by atoms with Crippen LogP contribution in [0.25, 0.3) is 22.4 Å². The summed E-state index contributed by atoms with van der Waals surface area (Å²) < 4.78 is 38.9. The van der Waals surface area contributed by atoms with E-state index in [0.29, 0.717) is 23.1 Å². The highest BCUT2D eigenvalue weighted by Gasteiger charge is 2.35. The molecule has 10 heteroatoms. The van der Waals surface area contributed by atoms with Gasteiger partial charge in [0, 0.05) is 28.9 Å². The molecule has 0 saturated carbocycles. The van der Waals surface area contributed by atoms with Gasteiger partial charge in [-0.2, -0.15) is 13.2 Å². The summed E-state index contributed by atoms with van der Waals surface area (Å²) in [7, 11) is 0. The van der Waals surface area contributed by atoms with Crippen LogP contribution in [0.4, 0.5) is 13.2 Å². The lowest BCUT2D eigenvalue weighted by atomic mass is 10.1. The van der Waals surface area contributed by atoms with Gasteiger partial charge in [0.15, 0.2) is 5.82 Å². The second-order valence-electron chi connectivity index (χ2n) is 7.79. The van der Waals surface area contributed by atoms with Crippen molar-refractivity contribution in [1.29, 1.82) is 0 Å². The van der Waals surface area contributed by atoms with E-state index in [4.69, 9.17) is 11.6 Å². The van der Waals surface area contributed by atoms with Crippen LogP contribution >= 0.6 is 11.6 Å². The number of hydrogen-bond donors (Lipinski definition) is 1. The third-order valence-electron chi connectivity index (χ3n) is 5.61. The monoisotopic (exact) mass is 471 g/mol. The number of hydrogen-bond acceptors (Lipinski definition) is 4. The molecule has 3 heterocycles. The highest BCUT2D eigenvalue weighted by atomic mass is 35.5. The smallest absolute Gasteiger partial charge is 0.334 e. The van der Waals surface area contributed by atoms with Crippen LogP contribution in [0.2, 0.25) is 5.02 Å². The summed E-state index contributed by atoms with van der Waals surface area (Å²) in [4.78, 5) is 29.8. The fourth-order valence-corrected chi connectivity index (χ4v) is 4.28. The number of benzene rings is 2. The first-order valence-electron chi connectivity index (χ1n) is 10.3. The Kier molecular flexibility index (Phi) is 5.28. The standard InChI is InChI=1S/C23H17ClF3N5O/c24-15-4-1-3-13(11-15)20-28-9-8-17(29-20)19-5-2-10-32(19)21(33)14-6-7-16-18(12-14)31-22(30-16)23(25,26)27/h1,3-4,6-9,11-12,19H,2,5,10H2,(H,30,31). The zero-order chi connectivity index (χ0) is 23.2. The van der Waals surface area contributed by atoms with Crippen molar-refractivity contribution in [3.63, 3.8) is 0 Å². The largest absolute Gasteiger partial charge is 0.449 e. The molecular formula is C23H17ClF3N5O. The van der Waals surface area contributed by atoms with Crippen LogP contribution in [-0.4, -0.2) is 37.3 Å². The summed E-state index contributed by atoms with van der Waals surface area (Å²) in [5.41, 5.74) is 2.07. The molecule has 1 fully saturated rings. The minimum atomic E-state index is -4.59. The van der Waals surface area contributed by atoms with Gasteiger partial charge in [0.25, 0.3) is 5.91 Å². The van der Waals surface area contributed by atoms with Gasteiger partial charge in [-0.1, -0.05) is 23.7 Å². The van der Waals surface area contributed by atoms with Gasteiger partial charge in [-0.15, -0.1) is 0 Å². The minimum absolute atomic E-state index is 0.152. The van der Waals surface area contributed by atoms with Crippen LogP contribution < -0.4 is 0 Å². The Morgan fingerprint density at radius 2 is 1.97 bits per heavy atom. The number of nitrogens with one attached hydrogen (secondary N) is 1. The van der Waals surface area contributed by atoms with E-state index in [-0.39, 0.29) is 28.5 Å². The molecule has 1 saturated heterocycles. The molecule has 1 amide bonds. The number of aromatic amines is 1. The number of amides is 1. The number of aromatic nitrogens is 4. The van der Waals surface area contributed by atoms with Crippen LogP contribution in [0.1, 0.15) is 40.8 Å². The third-order valence-corrected chi connectivity index (χ3v) is 5.85. The van der Waals surface area contributed by atoms with Gasteiger partial charge < -0.3 is 9.88 Å². The number of imidazole rings is 1. The van der Waals surface area contributed by atoms with Crippen molar-refractivity contribution in [1.82, 2.24) is 24.8 Å². The fraction of sp³-hybridized carbons (Fsp3) is 0.217. The number of rotatable bonds is 3. The predicted octanol–water partition coefficient (Wildman–Crippen LogP) is 5.67. The van der Waals surface area contributed by atoms with Gasteiger partial charge in [0.05, 0.1) is 22.8 Å². The Balaban J connectivity index is 1.44. The third kappa shape index (κ3) is 4.16. The number of H-pyrrole nitrogens is 1. The van der Waals surface area contributed by atoms with E-state index in [1.165, 1.54) is 18.2 Å². The Labute approximate surface area is 191 Å². The first-order valence-corrected chi connectivity index (χ1v) is 10.6. The molecule has 1 N–H and O–H groups in total. The molecule has 1 unspecified atom stereocenters. The topological polar surface area (TPSA) is 74.8 Å². The molecule has 0 spiro atoms. The van der Waals surface area contributed by atoms with Gasteiger partial charge in [-0.05, 0) is 49.2 Å². The van der Waals surface area contributed by atoms with Crippen molar-refractivity contribution in [2.24, 2.45) is 0 Å². The average Bonchev–Trinajstić information content (AvgIpc) is 3.45. The van der Waals surface area contributed by atoms with E-state index < -0.39 is 12.0 Å². The molecular weight excluding hydrogens is 455 g/mol. The normalized spacial score (nSPS) is 16.5. The molecule has 2 aromatic heterocycles. The molecule has 1 atom stereocenters. The van der Waals surface area contributed by atoms with E-state index in [1.807, 2.05) is 12.1 Å². The number of carbonyl (C=O) groups excluding carboxylic acids is 1. The van der Waals surface area contributed by atoms with Crippen LogP contribution in [0.15, 0.2) is 54.7 Å². The Bertz CT molecular complexity index is 1350. The molecule has 2 aromatic carbocycles. The zero-order valence-electron chi connectivity index (χ0n) is 17.1. The Hall–Kier alpha value is -3.46. The number of carbonyl (C=O) groups is 1. The second kappa shape index (κ2) is 8.15. The lowest BCUT2D eigenvalue weighted by Crippen LogP contribution is -2.31. The van der Waals surface area contributed by atoms with Crippen LogP contribution in [0.3, 0.4) is 0 Å². The van der Waals surface area contributed by atoms with Crippen molar-refractivity contribution >= 4 is 28.5 Å². The summed E-state index contributed by atoms with van der Waals surface area (Å²) in [6.45, 7) is 0.523. The number of halogens is 4. The Morgan fingerprint density at radius 1 is 1.12 bits per heavy atom. The maximum Gasteiger partial charge on any atom is 0.449 e. The molecule has 1 aliphatic heterocycles. The quantitative estimate of drug-likeness (QED) is 0.418. The SMILES string of the molecule is O=C(c1ccc2nc(C(F)(F)F)[nH]c2c1)N1CCCC1c1ccnc(-c2cccc(Cl)c2)n1. The molecule has 5 rings (SSSR count). The maximum absolute atomic E-state index is 13.3. The number of fused-ring (bicyclic) bond motifs is 1.